The second kappa shape index (κ2) is 9.06. The zero-order valence-electron chi connectivity index (χ0n) is 19.1. The van der Waals surface area contributed by atoms with Gasteiger partial charge in [-0.15, -0.1) is 0 Å². The first kappa shape index (κ1) is 21.2. The molecule has 8 heteroatoms. The van der Waals surface area contributed by atoms with Gasteiger partial charge in [-0.1, -0.05) is 48.6 Å². The molecule has 0 saturated carbocycles. The normalized spacial score (nSPS) is 15.0. The van der Waals surface area contributed by atoms with Gasteiger partial charge in [-0.2, -0.15) is 10.2 Å². The molecular formula is C25H26B2N4O2. The monoisotopic (exact) mass is 436 g/mol. The van der Waals surface area contributed by atoms with E-state index in [1.165, 1.54) is 0 Å². The zero-order chi connectivity index (χ0) is 22.8. The second-order valence-corrected chi connectivity index (χ2v) is 8.44. The minimum Gasteiger partial charge on any atom is -0.559 e. The molecule has 2 aliphatic rings. The van der Waals surface area contributed by atoms with Gasteiger partial charge in [0.1, 0.15) is 22.9 Å². The number of hydrogen-bond donors (Lipinski definition) is 0. The molecule has 2 heterocycles. The number of nitrogens with zero attached hydrogens (tertiary/aromatic N) is 4. The number of rotatable bonds is 8. The molecule has 2 aromatic heterocycles. The molecule has 33 heavy (non-hydrogen) atoms. The van der Waals surface area contributed by atoms with Crippen molar-refractivity contribution in [1.29, 1.82) is 0 Å². The Kier molecular flexibility index (Phi) is 5.82. The lowest BCUT2D eigenvalue weighted by molar-refractivity contribution is 0.537. The van der Waals surface area contributed by atoms with Crippen molar-refractivity contribution in [1.82, 2.24) is 19.6 Å². The van der Waals surface area contributed by atoms with E-state index in [1.807, 2.05) is 40.0 Å². The van der Waals surface area contributed by atoms with Gasteiger partial charge >= 0.3 is 13.8 Å². The molecule has 6 nitrogen and oxygen atoms in total. The summed E-state index contributed by atoms with van der Waals surface area (Å²) < 4.78 is 16.8. The molecule has 0 unspecified atom stereocenters. The molecule has 1 aromatic carbocycles. The molecule has 0 aliphatic heterocycles. The van der Waals surface area contributed by atoms with Crippen LogP contribution in [-0.4, -0.2) is 33.4 Å². The van der Waals surface area contributed by atoms with Gasteiger partial charge in [-0.05, 0) is 32.7 Å². The van der Waals surface area contributed by atoms with Gasteiger partial charge < -0.3 is 9.31 Å². The van der Waals surface area contributed by atoms with Crippen molar-refractivity contribution in [2.24, 2.45) is 0 Å². The van der Waals surface area contributed by atoms with E-state index in [9.17, 15) is 0 Å². The highest BCUT2D eigenvalue weighted by Gasteiger charge is 2.29. The lowest BCUT2D eigenvalue weighted by Gasteiger charge is -2.25. The molecule has 0 amide bonds. The first-order valence-corrected chi connectivity index (χ1v) is 11.3. The van der Waals surface area contributed by atoms with E-state index in [2.05, 4.69) is 79.4 Å². The van der Waals surface area contributed by atoms with E-state index in [4.69, 9.17) is 9.31 Å². The van der Waals surface area contributed by atoms with Gasteiger partial charge in [-0.25, -0.2) is 9.36 Å². The van der Waals surface area contributed by atoms with Gasteiger partial charge in [0, 0.05) is 48.1 Å². The van der Waals surface area contributed by atoms with Crippen LogP contribution in [0, 0.1) is 6.92 Å². The van der Waals surface area contributed by atoms with Crippen LogP contribution in [0.5, 0.6) is 11.5 Å². The van der Waals surface area contributed by atoms with Gasteiger partial charge in [-0.3, -0.25) is 0 Å². The van der Waals surface area contributed by atoms with E-state index >= 15 is 0 Å². The van der Waals surface area contributed by atoms with Crippen molar-refractivity contribution < 1.29 is 9.31 Å². The van der Waals surface area contributed by atoms with Crippen LogP contribution in [0.1, 0.15) is 5.56 Å². The maximum absolute atomic E-state index is 6.60. The fourth-order valence-electron chi connectivity index (χ4n) is 4.32. The van der Waals surface area contributed by atoms with E-state index in [1.54, 1.807) is 12.4 Å². The first-order chi connectivity index (χ1) is 16.1. The third-order valence-corrected chi connectivity index (χ3v) is 6.17. The molecule has 2 aliphatic carbocycles. The molecule has 0 radical (unpaired) electrons. The Labute approximate surface area is 195 Å². The summed E-state index contributed by atoms with van der Waals surface area (Å²) in [5.74, 6) is 1.95. The van der Waals surface area contributed by atoms with Crippen molar-refractivity contribution in [3.8, 4) is 22.9 Å². The summed E-state index contributed by atoms with van der Waals surface area (Å²) in [6.45, 7) is 6.15. The lowest BCUT2D eigenvalue weighted by Crippen LogP contribution is -2.25. The maximum Gasteiger partial charge on any atom is 0.365 e. The minimum absolute atomic E-state index is 0.0429. The molecule has 0 saturated heterocycles. The number of hydrogen-bond acceptors (Lipinski definition) is 4. The molecule has 0 fully saturated rings. The molecule has 0 N–H and O–H groups in total. The summed E-state index contributed by atoms with van der Waals surface area (Å²) in [5.41, 5.74) is 2.66. The lowest BCUT2D eigenvalue weighted by atomic mass is 9.58. The Morgan fingerprint density at radius 3 is 1.88 bits per heavy atom. The van der Waals surface area contributed by atoms with E-state index in [-0.39, 0.29) is 25.5 Å². The predicted octanol–water partition coefficient (Wildman–Crippen LogP) is 5.36. The molecule has 164 valence electrons. The van der Waals surface area contributed by atoms with E-state index in [0.717, 1.165) is 28.4 Å². The van der Waals surface area contributed by atoms with Crippen LogP contribution < -0.4 is 9.31 Å². The van der Waals surface area contributed by atoms with Crippen LogP contribution in [0.2, 0.25) is 25.3 Å². The quantitative estimate of drug-likeness (QED) is 0.447. The highest BCUT2D eigenvalue weighted by molar-refractivity contribution is 6.55. The second-order valence-electron chi connectivity index (χ2n) is 8.44. The van der Waals surface area contributed by atoms with Crippen molar-refractivity contribution in [3.05, 3.63) is 97.2 Å². The third-order valence-electron chi connectivity index (χ3n) is 6.17. The summed E-state index contributed by atoms with van der Waals surface area (Å²) in [6.07, 6.45) is 24.3. The Balaban J connectivity index is 1.62. The Bertz CT molecular complexity index is 1210. The standard InChI is InChI=1S/C25H26B2N4O2/c1-19-24(31-17-9-15-29-31)23(32-26(2)20-10-4-5-11-20)18-22(30-16-8-14-28-30)25(19)33-27(3)21-12-6-7-13-21/h4-18,20-21H,1-3H3. The molecule has 0 bridgehead atoms. The van der Waals surface area contributed by atoms with Gasteiger partial charge in [0.25, 0.3) is 0 Å². The van der Waals surface area contributed by atoms with Crippen molar-refractivity contribution in [3.63, 3.8) is 0 Å². The van der Waals surface area contributed by atoms with Crippen LogP contribution in [0.15, 0.2) is 91.6 Å². The van der Waals surface area contributed by atoms with Crippen LogP contribution >= 0.6 is 0 Å². The van der Waals surface area contributed by atoms with Crippen LogP contribution in [-0.2, 0) is 0 Å². The number of aromatic nitrogens is 4. The number of benzene rings is 1. The largest absolute Gasteiger partial charge is 0.559 e. The summed E-state index contributed by atoms with van der Waals surface area (Å²) in [7, 11) is 0. The number of allylic oxidation sites excluding steroid dienone is 8. The first-order valence-electron chi connectivity index (χ1n) is 11.3. The van der Waals surface area contributed by atoms with E-state index < -0.39 is 0 Å². The van der Waals surface area contributed by atoms with Crippen LogP contribution in [0.4, 0.5) is 0 Å². The van der Waals surface area contributed by atoms with Crippen LogP contribution in [0.25, 0.3) is 11.4 Å². The summed E-state index contributed by atoms with van der Waals surface area (Å²) in [5, 5.41) is 9.00. The van der Waals surface area contributed by atoms with Gasteiger partial charge in [0.15, 0.2) is 0 Å². The molecular weight excluding hydrogens is 410 g/mol. The van der Waals surface area contributed by atoms with Crippen molar-refractivity contribution in [2.45, 2.75) is 32.2 Å². The van der Waals surface area contributed by atoms with Crippen molar-refractivity contribution in [2.75, 3.05) is 0 Å². The maximum atomic E-state index is 6.60. The molecule has 0 atom stereocenters. The summed E-state index contributed by atoms with van der Waals surface area (Å²) in [6, 6.07) is 5.83. The smallest absolute Gasteiger partial charge is 0.365 e. The van der Waals surface area contributed by atoms with Crippen molar-refractivity contribution >= 4 is 13.8 Å². The third kappa shape index (κ3) is 4.21. The van der Waals surface area contributed by atoms with Crippen LogP contribution in [0.3, 0.4) is 0 Å². The fourth-order valence-corrected chi connectivity index (χ4v) is 4.32. The Morgan fingerprint density at radius 2 is 1.33 bits per heavy atom. The highest BCUT2D eigenvalue weighted by Crippen LogP contribution is 2.40. The molecule has 0 spiro atoms. The predicted molar refractivity (Wildman–Crippen MR) is 134 cm³/mol. The average Bonchev–Trinajstić information content (AvgIpc) is 3.63. The summed E-state index contributed by atoms with van der Waals surface area (Å²) in [4.78, 5) is 0. The minimum atomic E-state index is -0.0436. The topological polar surface area (TPSA) is 54.1 Å². The summed E-state index contributed by atoms with van der Waals surface area (Å²) >= 11 is 0. The van der Waals surface area contributed by atoms with E-state index in [0.29, 0.717) is 0 Å². The molecule has 5 rings (SSSR count). The SMILES string of the molecule is CB(Oc1cc(-n2cccn2)c(OB(C)C2C=CC=C2)c(C)c1-n1cccn1)C1C=CC=C1. The zero-order valence-corrected chi connectivity index (χ0v) is 19.1. The Morgan fingerprint density at radius 1 is 0.788 bits per heavy atom. The Hall–Kier alpha value is -3.67. The van der Waals surface area contributed by atoms with Gasteiger partial charge in [0.05, 0.1) is 0 Å². The fraction of sp³-hybridized carbons (Fsp3) is 0.200. The molecule has 3 aromatic rings. The highest BCUT2D eigenvalue weighted by atomic mass is 16.4. The average molecular weight is 436 g/mol. The van der Waals surface area contributed by atoms with Gasteiger partial charge in [0.2, 0.25) is 0 Å².